The van der Waals surface area contributed by atoms with E-state index in [1.807, 2.05) is 57.1 Å². The van der Waals surface area contributed by atoms with Crippen LogP contribution >= 0.6 is 11.6 Å². The van der Waals surface area contributed by atoms with E-state index in [2.05, 4.69) is 0 Å². The molecule has 3 aromatic carbocycles. The summed E-state index contributed by atoms with van der Waals surface area (Å²) in [7, 11) is 5.32. The van der Waals surface area contributed by atoms with Crippen LogP contribution in [-0.4, -0.2) is 44.1 Å². The summed E-state index contributed by atoms with van der Waals surface area (Å²) < 4.78 is 17.0. The predicted molar refractivity (Wildman–Crippen MR) is 155 cm³/mol. The summed E-state index contributed by atoms with van der Waals surface area (Å²) in [4.78, 5) is 30.9. The molecule has 0 fully saturated rings. The topological polar surface area (TPSA) is 92.5 Å². The van der Waals surface area contributed by atoms with Crippen molar-refractivity contribution < 1.29 is 28.6 Å². The van der Waals surface area contributed by atoms with Crippen molar-refractivity contribution in [2.45, 2.75) is 26.0 Å². The number of carbonyl (C=O) groups is 2. The van der Waals surface area contributed by atoms with Crippen molar-refractivity contribution >= 4 is 45.6 Å². The molecule has 5 rings (SSSR count). The van der Waals surface area contributed by atoms with E-state index in [1.165, 1.54) is 18.1 Å². The number of carbonyl (C=O) groups excluding carboxylic acids is 2. The van der Waals surface area contributed by atoms with Gasteiger partial charge in [0.1, 0.15) is 5.75 Å². The SMILES string of the molecule is COc1cc(Cl)cc2cc(C(=O)C3=C(O)C(=O)N(c4ccc(OC(C)C)cc4)C3c3ccc(N(C)C)cc3)oc12. The number of rotatable bonds is 8. The average Bonchev–Trinajstić information content (AvgIpc) is 3.47. The second-order valence-corrected chi connectivity index (χ2v) is 10.4. The highest BCUT2D eigenvalue weighted by molar-refractivity contribution is 6.31. The highest BCUT2D eigenvalue weighted by atomic mass is 35.5. The number of ketones is 1. The number of hydrogen-bond acceptors (Lipinski definition) is 7. The maximum absolute atomic E-state index is 14.0. The Labute approximate surface area is 237 Å². The summed E-state index contributed by atoms with van der Waals surface area (Å²) in [6.45, 7) is 3.85. The number of aliphatic hydroxyl groups is 1. The summed E-state index contributed by atoms with van der Waals surface area (Å²) in [5, 5.41) is 12.1. The summed E-state index contributed by atoms with van der Waals surface area (Å²) in [5.41, 5.74) is 2.33. The minimum atomic E-state index is -0.910. The van der Waals surface area contributed by atoms with Gasteiger partial charge in [0, 0.05) is 41.9 Å². The van der Waals surface area contributed by atoms with Gasteiger partial charge in [0.25, 0.3) is 5.91 Å². The molecule has 0 spiro atoms. The molecule has 0 bridgehead atoms. The number of anilines is 2. The molecule has 1 unspecified atom stereocenters. The van der Waals surface area contributed by atoms with Gasteiger partial charge in [-0.25, -0.2) is 0 Å². The molecule has 0 radical (unpaired) electrons. The van der Waals surface area contributed by atoms with Crippen LogP contribution in [0.4, 0.5) is 11.4 Å². The fourth-order valence-corrected chi connectivity index (χ4v) is 5.03. The highest BCUT2D eigenvalue weighted by Gasteiger charge is 2.45. The lowest BCUT2D eigenvalue weighted by atomic mass is 9.94. The van der Waals surface area contributed by atoms with Crippen LogP contribution in [0.2, 0.25) is 5.02 Å². The van der Waals surface area contributed by atoms with E-state index in [9.17, 15) is 14.7 Å². The Morgan fingerprint density at radius 2 is 1.73 bits per heavy atom. The quantitative estimate of drug-likeness (QED) is 0.239. The summed E-state index contributed by atoms with van der Waals surface area (Å²) in [5.74, 6) is -1.01. The van der Waals surface area contributed by atoms with Crippen LogP contribution in [0.1, 0.15) is 36.0 Å². The fourth-order valence-electron chi connectivity index (χ4n) is 4.81. The lowest BCUT2D eigenvalue weighted by Crippen LogP contribution is -2.31. The molecular formula is C31H29ClN2O6. The van der Waals surface area contributed by atoms with E-state index in [-0.39, 0.29) is 17.4 Å². The molecule has 4 aromatic rings. The monoisotopic (exact) mass is 560 g/mol. The Balaban J connectivity index is 1.62. The normalized spacial score (nSPS) is 15.3. The van der Waals surface area contributed by atoms with Crippen LogP contribution in [0.3, 0.4) is 0 Å². The smallest absolute Gasteiger partial charge is 0.294 e. The van der Waals surface area contributed by atoms with Crippen molar-refractivity contribution in [3.63, 3.8) is 0 Å². The van der Waals surface area contributed by atoms with Gasteiger partial charge in [-0.15, -0.1) is 0 Å². The minimum absolute atomic E-state index is 0.0190. The van der Waals surface area contributed by atoms with Crippen LogP contribution < -0.4 is 19.3 Å². The average molecular weight is 561 g/mol. The van der Waals surface area contributed by atoms with E-state index < -0.39 is 23.5 Å². The molecule has 1 amide bonds. The van der Waals surface area contributed by atoms with E-state index in [4.69, 9.17) is 25.5 Å². The van der Waals surface area contributed by atoms with Crippen LogP contribution in [-0.2, 0) is 4.79 Å². The van der Waals surface area contributed by atoms with E-state index in [1.54, 1.807) is 36.4 Å². The molecule has 0 aliphatic carbocycles. The first-order valence-electron chi connectivity index (χ1n) is 12.7. The molecule has 1 aliphatic rings. The van der Waals surface area contributed by atoms with Crippen LogP contribution in [0, 0.1) is 0 Å². The molecule has 9 heteroatoms. The van der Waals surface area contributed by atoms with Gasteiger partial charge >= 0.3 is 0 Å². The maximum Gasteiger partial charge on any atom is 0.294 e. The van der Waals surface area contributed by atoms with Crippen molar-refractivity contribution in [1.82, 2.24) is 0 Å². The molecule has 0 saturated carbocycles. The van der Waals surface area contributed by atoms with Crippen molar-refractivity contribution in [1.29, 1.82) is 0 Å². The number of methoxy groups -OCH3 is 1. The Morgan fingerprint density at radius 1 is 1.05 bits per heavy atom. The molecule has 40 heavy (non-hydrogen) atoms. The Kier molecular flexibility index (Phi) is 7.21. The minimum Gasteiger partial charge on any atom is -0.503 e. The second kappa shape index (κ2) is 10.6. The number of ether oxygens (including phenoxy) is 2. The number of Topliss-reactive ketones (excluding diaryl/α,β-unsaturated/α-hetero) is 1. The second-order valence-electron chi connectivity index (χ2n) is 9.95. The number of aliphatic hydroxyl groups excluding tert-OH is 1. The standard InChI is InChI=1S/C31H29ClN2O6/c1-17(2)39-23-12-10-22(11-13-23)34-27(18-6-8-21(9-7-18)33(3)4)26(29(36)31(34)37)28(35)24-15-19-14-20(32)16-25(38-5)30(19)40-24/h6-17,27,36H,1-5H3. The number of hydrogen-bond donors (Lipinski definition) is 1. The number of furan rings is 1. The van der Waals surface area contributed by atoms with Gasteiger partial charge in [-0.05, 0) is 67.9 Å². The van der Waals surface area contributed by atoms with Gasteiger partial charge in [0.15, 0.2) is 22.9 Å². The molecule has 1 atom stereocenters. The zero-order chi connectivity index (χ0) is 28.7. The number of nitrogens with zero attached hydrogens (tertiary/aromatic N) is 2. The van der Waals surface area contributed by atoms with Gasteiger partial charge in [-0.1, -0.05) is 23.7 Å². The van der Waals surface area contributed by atoms with Gasteiger partial charge in [0.05, 0.1) is 24.8 Å². The first kappa shape index (κ1) is 27.1. The number of fused-ring (bicyclic) bond motifs is 1. The molecule has 206 valence electrons. The number of benzene rings is 3. The lowest BCUT2D eigenvalue weighted by molar-refractivity contribution is -0.117. The first-order valence-corrected chi connectivity index (χ1v) is 13.1. The molecule has 2 heterocycles. The van der Waals surface area contributed by atoms with Crippen molar-refractivity contribution in [3.8, 4) is 11.5 Å². The molecule has 8 nitrogen and oxygen atoms in total. The maximum atomic E-state index is 14.0. The summed E-state index contributed by atoms with van der Waals surface area (Å²) >= 11 is 6.21. The molecular weight excluding hydrogens is 532 g/mol. The van der Waals surface area contributed by atoms with E-state index in [0.29, 0.717) is 38.7 Å². The van der Waals surface area contributed by atoms with Crippen molar-refractivity contribution in [2.24, 2.45) is 0 Å². The van der Waals surface area contributed by atoms with Crippen LogP contribution in [0.25, 0.3) is 11.0 Å². The highest BCUT2D eigenvalue weighted by Crippen LogP contribution is 2.43. The Morgan fingerprint density at radius 3 is 2.33 bits per heavy atom. The van der Waals surface area contributed by atoms with Crippen molar-refractivity contribution in [3.05, 3.63) is 94.4 Å². The van der Waals surface area contributed by atoms with Gasteiger partial charge in [-0.3, -0.25) is 14.5 Å². The third-order valence-corrected chi connectivity index (χ3v) is 6.87. The van der Waals surface area contributed by atoms with Crippen LogP contribution in [0.15, 0.2) is 82.5 Å². The van der Waals surface area contributed by atoms with Crippen molar-refractivity contribution in [2.75, 3.05) is 31.0 Å². The number of halogens is 1. The third kappa shape index (κ3) is 4.86. The molecule has 1 aliphatic heterocycles. The Bertz CT molecular complexity index is 1620. The number of amides is 1. The summed E-state index contributed by atoms with van der Waals surface area (Å²) in [6.07, 6.45) is -0.0190. The first-order chi connectivity index (χ1) is 19.1. The molecule has 1 N–H and O–H groups in total. The predicted octanol–water partition coefficient (Wildman–Crippen LogP) is 6.73. The van der Waals surface area contributed by atoms with E-state index >= 15 is 0 Å². The van der Waals surface area contributed by atoms with Gasteiger partial charge < -0.3 is 23.9 Å². The summed E-state index contributed by atoms with van der Waals surface area (Å²) in [6, 6.07) is 18.3. The lowest BCUT2D eigenvalue weighted by Gasteiger charge is -2.27. The van der Waals surface area contributed by atoms with Gasteiger partial charge in [-0.2, -0.15) is 0 Å². The zero-order valence-corrected chi connectivity index (χ0v) is 23.5. The van der Waals surface area contributed by atoms with E-state index in [0.717, 1.165) is 5.69 Å². The molecule has 0 saturated heterocycles. The largest absolute Gasteiger partial charge is 0.503 e. The Hall–Kier alpha value is -4.43. The third-order valence-electron chi connectivity index (χ3n) is 6.66. The molecule has 1 aromatic heterocycles. The zero-order valence-electron chi connectivity index (χ0n) is 22.8. The fraction of sp³-hybridized carbons (Fsp3) is 0.226. The van der Waals surface area contributed by atoms with Crippen LogP contribution in [0.5, 0.6) is 11.5 Å². The van der Waals surface area contributed by atoms with Gasteiger partial charge in [0.2, 0.25) is 5.78 Å².